The van der Waals surface area contributed by atoms with E-state index in [0.29, 0.717) is 5.56 Å². The fourth-order valence-electron chi connectivity index (χ4n) is 2.95. The largest absolute Gasteiger partial charge is 0.436 e. The van der Waals surface area contributed by atoms with Gasteiger partial charge in [0.15, 0.2) is 5.69 Å². The zero-order valence-electron chi connectivity index (χ0n) is 14.1. The normalized spacial score (nSPS) is 22.5. The van der Waals surface area contributed by atoms with Crippen molar-refractivity contribution < 1.29 is 26.3 Å². The Kier molecular flexibility index (Phi) is 4.84. The van der Waals surface area contributed by atoms with Crippen LogP contribution in [0.2, 0.25) is 0 Å². The molecule has 0 bridgehead atoms. The van der Waals surface area contributed by atoms with Crippen molar-refractivity contribution in [2.45, 2.75) is 30.1 Å². The first-order chi connectivity index (χ1) is 12.1. The van der Waals surface area contributed by atoms with E-state index in [0.717, 1.165) is 15.2 Å². The number of benzene rings is 1. The Hall–Kier alpha value is -1.91. The third-order valence-corrected chi connectivity index (χ3v) is 6.03. The van der Waals surface area contributed by atoms with E-state index in [-0.39, 0.29) is 13.2 Å². The van der Waals surface area contributed by atoms with Gasteiger partial charge in [0.1, 0.15) is 4.90 Å². The number of hydrogen-bond donors (Lipinski definition) is 0. The van der Waals surface area contributed by atoms with E-state index >= 15 is 0 Å². The smallest absolute Gasteiger partial charge is 0.375 e. The first-order valence-corrected chi connectivity index (χ1v) is 9.34. The summed E-state index contributed by atoms with van der Waals surface area (Å²) in [6, 6.07) is 7.99. The van der Waals surface area contributed by atoms with E-state index in [1.54, 1.807) is 37.3 Å². The van der Waals surface area contributed by atoms with Crippen LogP contribution in [0, 0.1) is 0 Å². The molecule has 2 aromatic rings. The van der Waals surface area contributed by atoms with Gasteiger partial charge in [0.25, 0.3) is 0 Å². The highest BCUT2D eigenvalue weighted by Crippen LogP contribution is 2.37. The first kappa shape index (κ1) is 18.9. The summed E-state index contributed by atoms with van der Waals surface area (Å²) in [4.78, 5) is -0.845. The summed E-state index contributed by atoms with van der Waals surface area (Å²) in [5.74, 6) is 0. The van der Waals surface area contributed by atoms with Gasteiger partial charge in [0.05, 0.1) is 18.8 Å². The van der Waals surface area contributed by atoms with Crippen molar-refractivity contribution >= 4 is 10.0 Å². The van der Waals surface area contributed by atoms with Gasteiger partial charge in [0.2, 0.25) is 10.0 Å². The van der Waals surface area contributed by atoms with E-state index in [9.17, 15) is 21.6 Å². The topological polar surface area (TPSA) is 64.4 Å². The van der Waals surface area contributed by atoms with Crippen LogP contribution >= 0.6 is 0 Å². The maximum atomic E-state index is 13.3. The molecular weight excluding hydrogens is 371 g/mol. The van der Waals surface area contributed by atoms with Crippen molar-refractivity contribution in [3.8, 4) is 0 Å². The Bertz CT molecular complexity index is 881. The van der Waals surface area contributed by atoms with Gasteiger partial charge in [0, 0.05) is 19.8 Å². The summed E-state index contributed by atoms with van der Waals surface area (Å²) in [6.07, 6.45) is -4.42. The van der Waals surface area contributed by atoms with Crippen LogP contribution in [0.5, 0.6) is 0 Å². The standard InChI is InChI=1S/C16H18F3N3O3S/c1-11-8-22(13(10-25-11)12-6-4-3-5-7-12)26(23,24)14-9-21(2)20-15(14)16(17,18)19/h3-7,9,11,13H,8,10H2,1-2H3. The van der Waals surface area contributed by atoms with E-state index in [2.05, 4.69) is 5.10 Å². The molecule has 1 aliphatic rings. The predicted molar refractivity (Wildman–Crippen MR) is 86.7 cm³/mol. The number of halogens is 3. The Morgan fingerprint density at radius 3 is 2.50 bits per heavy atom. The number of aryl methyl sites for hydroxylation is 1. The molecule has 2 atom stereocenters. The number of nitrogens with zero attached hydrogens (tertiary/aromatic N) is 3. The van der Waals surface area contributed by atoms with Gasteiger partial charge in [-0.2, -0.15) is 22.6 Å². The molecule has 1 aromatic carbocycles. The van der Waals surface area contributed by atoms with Crippen LogP contribution in [0.1, 0.15) is 24.2 Å². The van der Waals surface area contributed by atoms with Crippen LogP contribution in [-0.4, -0.2) is 41.8 Å². The SMILES string of the molecule is CC1CN(S(=O)(=O)c2cn(C)nc2C(F)(F)F)C(c2ccccc2)CO1. The number of morpholine rings is 1. The quantitative estimate of drug-likeness (QED) is 0.810. The van der Waals surface area contributed by atoms with Gasteiger partial charge in [-0.25, -0.2) is 8.42 Å². The minimum Gasteiger partial charge on any atom is -0.375 e. The Morgan fingerprint density at radius 1 is 1.23 bits per heavy atom. The highest BCUT2D eigenvalue weighted by molar-refractivity contribution is 7.89. The summed E-state index contributed by atoms with van der Waals surface area (Å²) in [6.45, 7) is 1.69. The molecule has 0 radical (unpaired) electrons. The molecule has 26 heavy (non-hydrogen) atoms. The zero-order valence-corrected chi connectivity index (χ0v) is 15.0. The fourth-order valence-corrected chi connectivity index (χ4v) is 4.82. The molecule has 1 fully saturated rings. The van der Waals surface area contributed by atoms with Crippen LogP contribution in [0.4, 0.5) is 13.2 Å². The highest BCUT2D eigenvalue weighted by Gasteiger charge is 2.45. The van der Waals surface area contributed by atoms with Gasteiger partial charge in [-0.3, -0.25) is 4.68 Å². The molecule has 1 aliphatic heterocycles. The number of ether oxygens (including phenoxy) is 1. The molecule has 0 aliphatic carbocycles. The molecule has 2 unspecified atom stereocenters. The monoisotopic (exact) mass is 389 g/mol. The summed E-state index contributed by atoms with van der Waals surface area (Å²) in [5, 5.41) is 3.31. The van der Waals surface area contributed by atoms with Gasteiger partial charge >= 0.3 is 6.18 Å². The molecule has 2 heterocycles. The average molecular weight is 389 g/mol. The second-order valence-electron chi connectivity index (χ2n) is 6.16. The van der Waals surface area contributed by atoms with Crippen molar-refractivity contribution in [3.63, 3.8) is 0 Å². The minimum absolute atomic E-state index is 0.0475. The minimum atomic E-state index is -4.87. The molecular formula is C16H18F3N3O3S. The van der Waals surface area contributed by atoms with Crippen LogP contribution in [0.15, 0.2) is 41.4 Å². The molecule has 1 aromatic heterocycles. The molecule has 3 rings (SSSR count). The summed E-state index contributed by atoms with van der Waals surface area (Å²) < 4.78 is 73.5. The number of rotatable bonds is 3. The summed E-state index contributed by atoms with van der Waals surface area (Å²) in [5.41, 5.74) is -0.758. The summed E-state index contributed by atoms with van der Waals surface area (Å²) >= 11 is 0. The van der Waals surface area contributed by atoms with Gasteiger partial charge in [-0.1, -0.05) is 30.3 Å². The number of alkyl halides is 3. The first-order valence-electron chi connectivity index (χ1n) is 7.90. The Morgan fingerprint density at radius 2 is 1.88 bits per heavy atom. The van der Waals surface area contributed by atoms with Gasteiger partial charge in [-0.15, -0.1) is 0 Å². The Balaban J connectivity index is 2.09. The molecule has 0 spiro atoms. The third kappa shape index (κ3) is 3.49. The number of hydrogen-bond acceptors (Lipinski definition) is 4. The van der Waals surface area contributed by atoms with Crippen molar-refractivity contribution in [2.24, 2.45) is 7.05 Å². The van der Waals surface area contributed by atoms with Crippen molar-refractivity contribution in [2.75, 3.05) is 13.2 Å². The van der Waals surface area contributed by atoms with E-state index in [1.165, 1.54) is 7.05 Å². The van der Waals surface area contributed by atoms with Crippen molar-refractivity contribution in [3.05, 3.63) is 47.8 Å². The summed E-state index contributed by atoms with van der Waals surface area (Å²) in [7, 11) is -3.18. The van der Waals surface area contributed by atoms with Crippen LogP contribution in [-0.2, 0) is 28.0 Å². The second kappa shape index (κ2) is 6.67. The maximum absolute atomic E-state index is 13.3. The third-order valence-electron chi connectivity index (χ3n) is 4.16. The zero-order chi connectivity index (χ0) is 19.1. The van der Waals surface area contributed by atoms with Crippen molar-refractivity contribution in [1.82, 2.24) is 14.1 Å². The van der Waals surface area contributed by atoms with Crippen molar-refractivity contribution in [1.29, 1.82) is 0 Å². The number of aromatic nitrogens is 2. The van der Waals surface area contributed by atoms with E-state index in [4.69, 9.17) is 4.74 Å². The Labute approximate surface area is 149 Å². The predicted octanol–water partition coefficient (Wildman–Crippen LogP) is 2.59. The second-order valence-corrected chi connectivity index (χ2v) is 8.02. The van der Waals surface area contributed by atoms with E-state index in [1.807, 2.05) is 0 Å². The van der Waals surface area contributed by atoms with Crippen LogP contribution in [0.25, 0.3) is 0 Å². The van der Waals surface area contributed by atoms with Gasteiger partial charge in [-0.05, 0) is 12.5 Å². The molecule has 6 nitrogen and oxygen atoms in total. The lowest BCUT2D eigenvalue weighted by Gasteiger charge is -2.37. The van der Waals surface area contributed by atoms with Gasteiger partial charge < -0.3 is 4.74 Å². The lowest BCUT2D eigenvalue weighted by molar-refractivity contribution is -0.143. The molecule has 0 N–H and O–H groups in total. The number of sulfonamides is 1. The molecule has 10 heteroatoms. The van der Waals surface area contributed by atoms with Crippen LogP contribution < -0.4 is 0 Å². The molecule has 0 saturated carbocycles. The highest BCUT2D eigenvalue weighted by atomic mass is 32.2. The average Bonchev–Trinajstić information content (AvgIpc) is 2.99. The lowest BCUT2D eigenvalue weighted by atomic mass is 10.1. The lowest BCUT2D eigenvalue weighted by Crippen LogP contribution is -2.46. The molecule has 1 saturated heterocycles. The molecule has 142 valence electrons. The van der Waals surface area contributed by atoms with Crippen LogP contribution in [0.3, 0.4) is 0 Å². The molecule has 0 amide bonds. The fraction of sp³-hybridized carbons (Fsp3) is 0.438. The van der Waals surface area contributed by atoms with E-state index < -0.39 is 38.9 Å². The maximum Gasteiger partial charge on any atom is 0.436 e.